The molecule has 7 nitrogen and oxygen atoms in total. The monoisotopic (exact) mass is 324 g/mol. The molecule has 24 heavy (non-hydrogen) atoms. The van der Waals surface area contributed by atoms with Gasteiger partial charge in [0.2, 0.25) is 0 Å². The van der Waals surface area contributed by atoms with E-state index in [1.54, 1.807) is 19.1 Å². The number of hydrogen-bond donors (Lipinski definition) is 1. The van der Waals surface area contributed by atoms with Crippen molar-refractivity contribution in [2.45, 2.75) is 6.92 Å². The van der Waals surface area contributed by atoms with Crippen molar-refractivity contribution in [1.29, 1.82) is 5.26 Å². The first-order valence-corrected chi connectivity index (χ1v) is 7.14. The van der Waals surface area contributed by atoms with E-state index in [4.69, 9.17) is 15.2 Å². The summed E-state index contributed by atoms with van der Waals surface area (Å²) in [6.07, 6.45) is 2.92. The number of esters is 1. The molecule has 0 bridgehead atoms. The number of aromatic nitrogens is 2. The second-order valence-electron chi connectivity index (χ2n) is 4.70. The lowest BCUT2D eigenvalue weighted by Gasteiger charge is -2.07. The van der Waals surface area contributed by atoms with Crippen molar-refractivity contribution < 1.29 is 14.3 Å². The molecule has 1 aromatic carbocycles. The Bertz CT molecular complexity index is 853. The maximum atomic E-state index is 11.7. The minimum absolute atomic E-state index is 0.250. The number of rotatable bonds is 4. The van der Waals surface area contributed by atoms with Crippen molar-refractivity contribution in [2.75, 3.05) is 26.1 Å². The Kier molecular flexibility index (Phi) is 5.56. The number of nitrogens with two attached hydrogens (primary N) is 1. The van der Waals surface area contributed by atoms with Gasteiger partial charge in [-0.05, 0) is 19.1 Å². The smallest absolute Gasteiger partial charge is 0.341 e. The number of methoxy groups -OCH3 is 1. The average molecular weight is 324 g/mol. The maximum Gasteiger partial charge on any atom is 0.341 e. The number of nitrogens with zero attached hydrogens (tertiary/aromatic N) is 3. The summed E-state index contributed by atoms with van der Waals surface area (Å²) in [5.74, 6) is 5.20. The SMILES string of the molecule is CCOC(=O)c1cnn(-c2cc(C#N)c(N)c(C#CCOC)c2)c1. The largest absolute Gasteiger partial charge is 0.462 e. The van der Waals surface area contributed by atoms with E-state index >= 15 is 0 Å². The zero-order valence-corrected chi connectivity index (χ0v) is 13.4. The minimum Gasteiger partial charge on any atom is -0.462 e. The highest BCUT2D eigenvalue weighted by molar-refractivity contribution is 5.88. The Morgan fingerprint density at radius 3 is 2.83 bits per heavy atom. The molecule has 0 aliphatic rings. The minimum atomic E-state index is -0.459. The molecular formula is C17H16N4O3. The maximum absolute atomic E-state index is 11.7. The molecule has 0 spiro atoms. The predicted molar refractivity (Wildman–Crippen MR) is 87.4 cm³/mol. The summed E-state index contributed by atoms with van der Waals surface area (Å²) in [7, 11) is 1.54. The van der Waals surface area contributed by atoms with E-state index in [0.717, 1.165) is 0 Å². The molecular weight excluding hydrogens is 308 g/mol. The van der Waals surface area contributed by atoms with Gasteiger partial charge in [0.25, 0.3) is 0 Å². The Labute approximate surface area is 139 Å². The molecule has 0 saturated heterocycles. The summed E-state index contributed by atoms with van der Waals surface area (Å²) in [6.45, 7) is 2.26. The van der Waals surface area contributed by atoms with Gasteiger partial charge in [-0.2, -0.15) is 10.4 Å². The highest BCUT2D eigenvalue weighted by Gasteiger charge is 2.12. The highest BCUT2D eigenvalue weighted by Crippen LogP contribution is 2.21. The van der Waals surface area contributed by atoms with Gasteiger partial charge in [0.15, 0.2) is 0 Å². The van der Waals surface area contributed by atoms with Gasteiger partial charge in [-0.3, -0.25) is 0 Å². The molecule has 0 radical (unpaired) electrons. The third-order valence-corrected chi connectivity index (χ3v) is 3.08. The van der Waals surface area contributed by atoms with Crippen LogP contribution in [0.25, 0.3) is 5.69 Å². The van der Waals surface area contributed by atoms with Crippen molar-refractivity contribution in [3.63, 3.8) is 0 Å². The summed E-state index contributed by atoms with van der Waals surface area (Å²) in [5.41, 5.74) is 7.90. The number of anilines is 1. The molecule has 1 heterocycles. The van der Waals surface area contributed by atoms with Crippen LogP contribution in [0, 0.1) is 23.2 Å². The van der Waals surface area contributed by atoms with Crippen molar-refractivity contribution in [2.24, 2.45) is 0 Å². The standard InChI is InChI=1S/C17H16N4O3/c1-3-24-17(22)14-10-20-21(11-14)15-7-12(5-4-6-23-2)16(19)13(8-15)9-18/h7-8,10-11H,3,6,19H2,1-2H3. The van der Waals surface area contributed by atoms with Crippen LogP contribution >= 0.6 is 0 Å². The average Bonchev–Trinajstić information content (AvgIpc) is 3.07. The second kappa shape index (κ2) is 7.82. The first-order valence-electron chi connectivity index (χ1n) is 7.14. The Morgan fingerprint density at radius 1 is 1.42 bits per heavy atom. The number of carbonyl (C=O) groups is 1. The van der Waals surface area contributed by atoms with Crippen LogP contribution in [-0.4, -0.2) is 36.1 Å². The second-order valence-corrected chi connectivity index (χ2v) is 4.70. The molecule has 0 aliphatic carbocycles. The van der Waals surface area contributed by atoms with E-state index in [2.05, 4.69) is 16.9 Å². The molecule has 0 saturated carbocycles. The molecule has 1 aromatic heterocycles. The van der Waals surface area contributed by atoms with Gasteiger partial charge in [0, 0.05) is 13.3 Å². The molecule has 2 rings (SSSR count). The van der Waals surface area contributed by atoms with Gasteiger partial charge in [0.1, 0.15) is 12.7 Å². The van der Waals surface area contributed by atoms with Crippen LogP contribution in [0.4, 0.5) is 5.69 Å². The molecule has 0 aliphatic heterocycles. The number of carbonyl (C=O) groups excluding carboxylic acids is 1. The summed E-state index contributed by atoms with van der Waals surface area (Å²) >= 11 is 0. The lowest BCUT2D eigenvalue weighted by atomic mass is 10.1. The summed E-state index contributed by atoms with van der Waals surface area (Å²) in [4.78, 5) is 11.7. The zero-order valence-electron chi connectivity index (χ0n) is 13.4. The van der Waals surface area contributed by atoms with Gasteiger partial charge < -0.3 is 15.2 Å². The van der Waals surface area contributed by atoms with Crippen molar-refractivity contribution in [3.8, 4) is 23.6 Å². The Balaban J connectivity index is 2.44. The van der Waals surface area contributed by atoms with Crippen LogP contribution in [0.1, 0.15) is 28.4 Å². The predicted octanol–water partition coefficient (Wildman–Crippen LogP) is 1.50. The summed E-state index contributed by atoms with van der Waals surface area (Å²) in [5, 5.41) is 13.4. The topological polar surface area (TPSA) is 103 Å². The normalized spacial score (nSPS) is 9.71. The number of hydrogen-bond acceptors (Lipinski definition) is 6. The molecule has 2 aromatic rings. The lowest BCUT2D eigenvalue weighted by Crippen LogP contribution is -2.04. The van der Waals surface area contributed by atoms with E-state index < -0.39 is 5.97 Å². The third kappa shape index (κ3) is 3.72. The van der Waals surface area contributed by atoms with Gasteiger partial charge >= 0.3 is 5.97 Å². The summed E-state index contributed by atoms with van der Waals surface area (Å²) < 4.78 is 11.3. The van der Waals surface area contributed by atoms with Gasteiger partial charge in [-0.15, -0.1) is 0 Å². The van der Waals surface area contributed by atoms with Crippen molar-refractivity contribution in [3.05, 3.63) is 41.2 Å². The number of benzene rings is 1. The fourth-order valence-electron chi connectivity index (χ4n) is 1.95. The molecule has 2 N–H and O–H groups in total. The first kappa shape index (κ1) is 17.1. The van der Waals surface area contributed by atoms with Crippen molar-refractivity contribution in [1.82, 2.24) is 9.78 Å². The van der Waals surface area contributed by atoms with E-state index in [0.29, 0.717) is 22.5 Å². The van der Waals surface area contributed by atoms with Crippen LogP contribution in [0.3, 0.4) is 0 Å². The van der Waals surface area contributed by atoms with E-state index in [1.165, 1.54) is 24.2 Å². The fraction of sp³-hybridized carbons (Fsp3) is 0.235. The molecule has 122 valence electrons. The van der Waals surface area contributed by atoms with Crippen LogP contribution in [0.2, 0.25) is 0 Å². The van der Waals surface area contributed by atoms with Crippen LogP contribution < -0.4 is 5.73 Å². The third-order valence-electron chi connectivity index (χ3n) is 3.08. The van der Waals surface area contributed by atoms with Crippen LogP contribution in [0.5, 0.6) is 0 Å². The fourth-order valence-corrected chi connectivity index (χ4v) is 1.95. The molecule has 0 amide bonds. The highest BCUT2D eigenvalue weighted by atomic mass is 16.5. The van der Waals surface area contributed by atoms with Crippen molar-refractivity contribution >= 4 is 11.7 Å². The lowest BCUT2D eigenvalue weighted by molar-refractivity contribution is 0.0526. The van der Waals surface area contributed by atoms with Gasteiger partial charge in [0.05, 0.1) is 40.9 Å². The van der Waals surface area contributed by atoms with E-state index in [-0.39, 0.29) is 18.8 Å². The molecule has 0 unspecified atom stereocenters. The number of nitriles is 1. The quantitative estimate of drug-likeness (QED) is 0.519. The first-order chi connectivity index (χ1) is 11.6. The molecule has 7 heteroatoms. The molecule has 0 atom stereocenters. The zero-order chi connectivity index (χ0) is 17.5. The van der Waals surface area contributed by atoms with Gasteiger partial charge in [-0.25, -0.2) is 9.48 Å². The van der Waals surface area contributed by atoms with E-state index in [1.807, 2.05) is 6.07 Å². The summed E-state index contributed by atoms with van der Waals surface area (Å²) in [6, 6.07) is 5.31. The van der Waals surface area contributed by atoms with Crippen LogP contribution in [0.15, 0.2) is 24.5 Å². The number of nitrogen functional groups attached to an aromatic ring is 1. The van der Waals surface area contributed by atoms with Gasteiger partial charge in [-0.1, -0.05) is 11.8 Å². The Morgan fingerprint density at radius 2 is 2.17 bits per heavy atom. The molecule has 0 fully saturated rings. The number of ether oxygens (including phenoxy) is 2. The Hall–Kier alpha value is -3.29. The van der Waals surface area contributed by atoms with Crippen LogP contribution in [-0.2, 0) is 9.47 Å². The van der Waals surface area contributed by atoms with E-state index in [9.17, 15) is 10.1 Å².